The molecule has 0 radical (unpaired) electrons. The number of methoxy groups -OCH3 is 3. The summed E-state index contributed by atoms with van der Waals surface area (Å²) in [5.74, 6) is 0.515. The van der Waals surface area contributed by atoms with E-state index in [-0.39, 0.29) is 23.7 Å². The van der Waals surface area contributed by atoms with Crippen LogP contribution in [0.25, 0.3) is 5.57 Å². The van der Waals surface area contributed by atoms with E-state index in [1.54, 1.807) is 33.5 Å². The second kappa shape index (κ2) is 8.96. The topological polar surface area (TPSA) is 65.1 Å². The Morgan fingerprint density at radius 1 is 0.649 bits per heavy atom. The van der Waals surface area contributed by atoms with E-state index in [0.717, 1.165) is 33.8 Å². The van der Waals surface area contributed by atoms with Crippen LogP contribution in [0.1, 0.15) is 11.1 Å². The smallest absolute Gasteiger partial charge is 0.238 e. The number of hydrogen-bond donors (Lipinski definition) is 0. The van der Waals surface area contributed by atoms with E-state index in [2.05, 4.69) is 12.2 Å². The van der Waals surface area contributed by atoms with E-state index < -0.39 is 11.8 Å². The number of para-hydroxylation sites is 2. The maximum absolute atomic E-state index is 13.8. The van der Waals surface area contributed by atoms with Gasteiger partial charge in [0.2, 0.25) is 11.8 Å². The second-order valence-corrected chi connectivity index (χ2v) is 9.46. The zero-order valence-corrected chi connectivity index (χ0v) is 20.9. The van der Waals surface area contributed by atoms with E-state index in [9.17, 15) is 9.59 Å². The molecule has 1 saturated carbocycles. The van der Waals surface area contributed by atoms with Gasteiger partial charge in [0, 0.05) is 11.8 Å². The summed E-state index contributed by atoms with van der Waals surface area (Å²) in [5.41, 5.74) is 4.70. The number of benzene rings is 3. The Kier molecular flexibility index (Phi) is 5.60. The van der Waals surface area contributed by atoms with Crippen molar-refractivity contribution in [3.8, 4) is 17.2 Å². The van der Waals surface area contributed by atoms with Gasteiger partial charge in [-0.3, -0.25) is 9.59 Å². The van der Waals surface area contributed by atoms with Crippen LogP contribution in [0.3, 0.4) is 0 Å². The molecule has 2 amide bonds. The molecule has 6 rings (SSSR count). The lowest BCUT2D eigenvalue weighted by Gasteiger charge is -2.22. The lowest BCUT2D eigenvalue weighted by molar-refractivity contribution is -0.123. The Morgan fingerprint density at radius 2 is 1.14 bits per heavy atom. The molecule has 6 nitrogen and oxygen atoms in total. The molecule has 0 spiro atoms. The van der Waals surface area contributed by atoms with E-state index in [1.807, 2.05) is 60.7 Å². The molecule has 3 aliphatic rings. The average molecular weight is 494 g/mol. The zero-order valence-electron chi connectivity index (χ0n) is 20.9. The highest BCUT2D eigenvalue weighted by atomic mass is 16.5. The number of ether oxygens (including phenoxy) is 3. The van der Waals surface area contributed by atoms with Crippen LogP contribution in [0.2, 0.25) is 0 Å². The molecule has 0 unspecified atom stereocenters. The van der Waals surface area contributed by atoms with Gasteiger partial charge in [0.25, 0.3) is 0 Å². The van der Waals surface area contributed by atoms with Crippen LogP contribution >= 0.6 is 0 Å². The number of fused-ring (bicyclic) bond motifs is 5. The van der Waals surface area contributed by atoms with Crippen LogP contribution in [0.4, 0.5) is 5.69 Å². The largest absolute Gasteiger partial charge is 0.497 e. The van der Waals surface area contributed by atoms with Gasteiger partial charge >= 0.3 is 0 Å². The van der Waals surface area contributed by atoms with E-state index in [0.29, 0.717) is 11.4 Å². The molecule has 2 fully saturated rings. The van der Waals surface area contributed by atoms with Crippen molar-refractivity contribution in [3.63, 3.8) is 0 Å². The lowest BCUT2D eigenvalue weighted by atomic mass is 9.85. The summed E-state index contributed by atoms with van der Waals surface area (Å²) >= 11 is 0. The Labute approximate surface area is 215 Å². The van der Waals surface area contributed by atoms with Gasteiger partial charge in [-0.15, -0.1) is 0 Å². The highest BCUT2D eigenvalue weighted by Gasteiger charge is 2.62. The second-order valence-electron chi connectivity index (χ2n) is 9.46. The minimum atomic E-state index is -0.436. The molecule has 4 atom stereocenters. The standard InChI is InChI=1S/C31H27NO5/c1-35-20-12-8-18(9-13-20)26(19-10-14-21(36-2)15-11-19)27-22-16-17-23(27)29-28(22)30(33)32(31(29)34)24-6-4-5-7-25(24)37-3/h4-17,22-23,28-29H,1-3H3/t22-,23-,28-,29-/m1/s1. The Hall–Kier alpha value is -4.32. The van der Waals surface area contributed by atoms with Crippen LogP contribution in [-0.4, -0.2) is 33.1 Å². The van der Waals surface area contributed by atoms with Crippen LogP contribution in [-0.2, 0) is 9.59 Å². The van der Waals surface area contributed by atoms with Gasteiger partial charge in [-0.25, -0.2) is 4.90 Å². The number of allylic oxidation sites excluding steroid dienone is 3. The van der Waals surface area contributed by atoms with E-state index >= 15 is 0 Å². The predicted octanol–water partition coefficient (Wildman–Crippen LogP) is 5.14. The third-order valence-electron chi connectivity index (χ3n) is 7.79. The number of anilines is 1. The summed E-state index contributed by atoms with van der Waals surface area (Å²) in [7, 11) is 4.84. The summed E-state index contributed by atoms with van der Waals surface area (Å²) in [6.07, 6.45) is 4.20. The molecule has 2 bridgehead atoms. The van der Waals surface area contributed by atoms with Gasteiger partial charge in [0.15, 0.2) is 0 Å². The van der Waals surface area contributed by atoms with Crippen molar-refractivity contribution in [2.24, 2.45) is 23.7 Å². The van der Waals surface area contributed by atoms with E-state index in [4.69, 9.17) is 14.2 Å². The molecule has 0 N–H and O–H groups in total. The fraction of sp³-hybridized carbons (Fsp3) is 0.226. The molecule has 0 aromatic heterocycles. The minimum absolute atomic E-state index is 0.162. The van der Waals surface area contributed by atoms with Crippen LogP contribution < -0.4 is 19.1 Å². The summed E-state index contributed by atoms with van der Waals surface area (Å²) < 4.78 is 16.2. The molecule has 1 saturated heterocycles. The molecule has 186 valence electrons. The maximum atomic E-state index is 13.8. The molecular formula is C31H27NO5. The first-order chi connectivity index (χ1) is 18.1. The summed E-state index contributed by atoms with van der Waals surface area (Å²) in [6.45, 7) is 0. The van der Waals surface area contributed by atoms with Crippen molar-refractivity contribution >= 4 is 23.1 Å². The van der Waals surface area contributed by atoms with Crippen molar-refractivity contribution in [1.82, 2.24) is 0 Å². The minimum Gasteiger partial charge on any atom is -0.497 e. The molecule has 37 heavy (non-hydrogen) atoms. The number of imide groups is 1. The van der Waals surface area contributed by atoms with Crippen molar-refractivity contribution in [3.05, 3.63) is 102 Å². The maximum Gasteiger partial charge on any atom is 0.238 e. The summed E-state index contributed by atoms with van der Waals surface area (Å²) in [5, 5.41) is 0. The van der Waals surface area contributed by atoms with Crippen LogP contribution in [0.5, 0.6) is 17.2 Å². The molecule has 6 heteroatoms. The van der Waals surface area contributed by atoms with Gasteiger partial charge in [-0.2, -0.15) is 0 Å². The summed E-state index contributed by atoms with van der Waals surface area (Å²) in [6, 6.07) is 23.0. The van der Waals surface area contributed by atoms with Crippen LogP contribution in [0, 0.1) is 23.7 Å². The predicted molar refractivity (Wildman–Crippen MR) is 141 cm³/mol. The third kappa shape index (κ3) is 3.47. The first-order valence-corrected chi connectivity index (χ1v) is 12.3. The number of amides is 2. The van der Waals surface area contributed by atoms with Crippen molar-refractivity contribution in [2.75, 3.05) is 26.2 Å². The summed E-state index contributed by atoms with van der Waals surface area (Å²) in [4.78, 5) is 29.0. The van der Waals surface area contributed by atoms with Crippen molar-refractivity contribution < 1.29 is 23.8 Å². The fourth-order valence-electron chi connectivity index (χ4n) is 6.16. The normalized spacial score (nSPS) is 23.4. The monoisotopic (exact) mass is 493 g/mol. The molecule has 3 aromatic carbocycles. The highest BCUT2D eigenvalue weighted by Crippen LogP contribution is 2.59. The van der Waals surface area contributed by atoms with E-state index in [1.165, 1.54) is 4.90 Å². The number of carbonyl (C=O) groups excluding carboxylic acids is 2. The average Bonchev–Trinajstić information content (AvgIpc) is 3.58. The molecule has 1 heterocycles. The lowest BCUT2D eigenvalue weighted by Crippen LogP contribution is -2.33. The quantitative estimate of drug-likeness (QED) is 0.352. The molecule has 2 aliphatic carbocycles. The Morgan fingerprint density at radius 3 is 1.59 bits per heavy atom. The van der Waals surface area contributed by atoms with Gasteiger partial charge in [-0.05, 0) is 58.7 Å². The number of nitrogens with zero attached hydrogens (tertiary/aromatic N) is 1. The van der Waals surface area contributed by atoms with Gasteiger partial charge in [0.1, 0.15) is 17.2 Å². The van der Waals surface area contributed by atoms with Crippen molar-refractivity contribution in [2.45, 2.75) is 0 Å². The highest BCUT2D eigenvalue weighted by molar-refractivity contribution is 6.24. The van der Waals surface area contributed by atoms with Crippen LogP contribution in [0.15, 0.2) is 90.5 Å². The number of carbonyl (C=O) groups is 2. The molecule has 3 aromatic rings. The van der Waals surface area contributed by atoms with Gasteiger partial charge in [-0.1, -0.05) is 48.6 Å². The fourth-order valence-corrected chi connectivity index (χ4v) is 6.16. The number of hydrogen-bond acceptors (Lipinski definition) is 5. The number of rotatable bonds is 6. The zero-order chi connectivity index (χ0) is 25.7. The van der Waals surface area contributed by atoms with Gasteiger partial charge < -0.3 is 14.2 Å². The first kappa shape index (κ1) is 23.1. The first-order valence-electron chi connectivity index (χ1n) is 12.3. The third-order valence-corrected chi connectivity index (χ3v) is 7.79. The van der Waals surface area contributed by atoms with Crippen molar-refractivity contribution in [1.29, 1.82) is 0 Å². The SMILES string of the molecule is COc1ccc(C(=C2[C@H]3C=C[C@H]2[C@H]2C(=O)N(c4ccccc4OC)C(=O)[C@@H]23)c2ccc(OC)cc2)cc1. The molecule has 1 aliphatic heterocycles. The Balaban J connectivity index is 1.48. The Bertz CT molecular complexity index is 1350. The van der Waals surface area contributed by atoms with Gasteiger partial charge in [0.05, 0.1) is 38.9 Å². The molecular weight excluding hydrogens is 466 g/mol.